The van der Waals surface area contributed by atoms with Crippen molar-refractivity contribution >= 4 is 0 Å². The number of hydrogen-bond acceptors (Lipinski definition) is 4. The van der Waals surface area contributed by atoms with E-state index >= 15 is 0 Å². The molecule has 0 aliphatic heterocycles. The van der Waals surface area contributed by atoms with Gasteiger partial charge in [0.25, 0.3) is 5.88 Å². The predicted octanol–water partition coefficient (Wildman–Crippen LogP) is 3.67. The largest absolute Gasteiger partial charge is 0.487 e. The fourth-order valence-corrected chi connectivity index (χ4v) is 1.60. The number of ether oxygens (including phenoxy) is 2. The van der Waals surface area contributed by atoms with Crippen molar-refractivity contribution in [2.75, 3.05) is 6.61 Å². The Morgan fingerprint density at radius 3 is 2.47 bits per heavy atom. The third-order valence-electron chi connectivity index (χ3n) is 2.64. The van der Waals surface area contributed by atoms with E-state index < -0.39 is 0 Å². The van der Waals surface area contributed by atoms with Crippen LogP contribution in [0.1, 0.15) is 24.6 Å². The van der Waals surface area contributed by atoms with Gasteiger partial charge in [-0.15, -0.1) is 0 Å². The molecule has 4 heteroatoms. The van der Waals surface area contributed by atoms with E-state index in [4.69, 9.17) is 9.47 Å². The maximum Gasteiger partial charge on any atom is 0.265 e. The molecule has 0 unspecified atom stereocenters. The molecule has 0 aliphatic carbocycles. The third-order valence-corrected chi connectivity index (χ3v) is 2.64. The lowest BCUT2D eigenvalue weighted by Crippen LogP contribution is -2.02. The summed E-state index contributed by atoms with van der Waals surface area (Å²) in [5, 5.41) is 0. The average molecular weight is 258 g/mol. The summed E-state index contributed by atoms with van der Waals surface area (Å²) in [6.07, 6.45) is 2.41. The van der Waals surface area contributed by atoms with Gasteiger partial charge in [-0.05, 0) is 32.4 Å². The van der Waals surface area contributed by atoms with Crippen LogP contribution in [0, 0.1) is 13.8 Å². The van der Waals surface area contributed by atoms with E-state index in [0.717, 1.165) is 17.9 Å². The molecule has 0 bridgehead atoms. The van der Waals surface area contributed by atoms with Gasteiger partial charge in [0, 0.05) is 0 Å². The highest BCUT2D eigenvalue weighted by molar-refractivity contribution is 5.40. The van der Waals surface area contributed by atoms with Crippen molar-refractivity contribution in [1.29, 1.82) is 0 Å². The Labute approximate surface area is 113 Å². The van der Waals surface area contributed by atoms with Crippen LogP contribution in [0.25, 0.3) is 0 Å². The molecule has 0 amide bonds. The molecule has 4 nitrogen and oxygen atoms in total. The van der Waals surface area contributed by atoms with Gasteiger partial charge >= 0.3 is 0 Å². The normalized spacial score (nSPS) is 10.3. The van der Waals surface area contributed by atoms with E-state index in [1.807, 2.05) is 38.1 Å². The molecule has 0 N–H and O–H groups in total. The first-order chi connectivity index (χ1) is 9.20. The third kappa shape index (κ3) is 3.44. The van der Waals surface area contributed by atoms with Gasteiger partial charge in [-0.25, -0.2) is 4.98 Å². The second kappa shape index (κ2) is 6.18. The molecule has 0 aliphatic rings. The predicted molar refractivity (Wildman–Crippen MR) is 73.8 cm³/mol. The summed E-state index contributed by atoms with van der Waals surface area (Å²) in [6.45, 7) is 6.60. The van der Waals surface area contributed by atoms with Gasteiger partial charge in [0.15, 0.2) is 0 Å². The number of hydrogen-bond donors (Lipinski definition) is 0. The smallest absolute Gasteiger partial charge is 0.265 e. The second-order valence-corrected chi connectivity index (χ2v) is 4.36. The van der Waals surface area contributed by atoms with Crippen molar-refractivity contribution in [3.63, 3.8) is 0 Å². The van der Waals surface area contributed by atoms with E-state index in [1.54, 1.807) is 0 Å². The van der Waals surface area contributed by atoms with Gasteiger partial charge < -0.3 is 9.47 Å². The van der Waals surface area contributed by atoms with Gasteiger partial charge in [-0.2, -0.15) is 4.98 Å². The Hall–Kier alpha value is -2.10. The van der Waals surface area contributed by atoms with Gasteiger partial charge in [0.1, 0.15) is 12.1 Å². The van der Waals surface area contributed by atoms with Crippen LogP contribution in [0.15, 0.2) is 30.6 Å². The van der Waals surface area contributed by atoms with Gasteiger partial charge in [-0.3, -0.25) is 0 Å². The lowest BCUT2D eigenvalue weighted by atomic mass is 10.2. The molecule has 0 spiro atoms. The highest BCUT2D eigenvalue weighted by Gasteiger charge is 2.12. The maximum absolute atomic E-state index is 5.77. The quantitative estimate of drug-likeness (QED) is 0.820. The van der Waals surface area contributed by atoms with Crippen LogP contribution in [0.4, 0.5) is 0 Å². The summed E-state index contributed by atoms with van der Waals surface area (Å²) in [7, 11) is 0. The Balaban J connectivity index is 2.23. The fraction of sp³-hybridized carbons (Fsp3) is 0.333. The van der Waals surface area contributed by atoms with Crippen molar-refractivity contribution in [2.24, 2.45) is 0 Å². The topological polar surface area (TPSA) is 44.2 Å². The first-order valence-corrected chi connectivity index (χ1v) is 6.39. The Kier molecular flexibility index (Phi) is 4.34. The standard InChI is InChI=1S/C15H18N2O2/c1-4-9-18-14-12(3)16-10-17-15(14)19-13-7-5-11(2)6-8-13/h5-8,10H,4,9H2,1-3H3. The molecule has 2 rings (SSSR count). The molecule has 100 valence electrons. The van der Waals surface area contributed by atoms with Gasteiger partial charge in [0.05, 0.1) is 12.3 Å². The average Bonchev–Trinajstić information content (AvgIpc) is 2.41. The number of rotatable bonds is 5. The molecule has 1 aromatic carbocycles. The van der Waals surface area contributed by atoms with Crippen LogP contribution < -0.4 is 9.47 Å². The zero-order valence-corrected chi connectivity index (χ0v) is 11.5. The molecular formula is C15H18N2O2. The fourth-order valence-electron chi connectivity index (χ4n) is 1.60. The minimum atomic E-state index is 0.463. The Bertz CT molecular complexity index is 538. The van der Waals surface area contributed by atoms with E-state index in [9.17, 15) is 0 Å². The monoisotopic (exact) mass is 258 g/mol. The van der Waals surface area contributed by atoms with Crippen molar-refractivity contribution in [3.8, 4) is 17.4 Å². The molecule has 0 radical (unpaired) electrons. The summed E-state index contributed by atoms with van der Waals surface area (Å²) in [5.41, 5.74) is 1.97. The number of nitrogens with zero attached hydrogens (tertiary/aromatic N) is 2. The first kappa shape index (κ1) is 13.3. The molecule has 19 heavy (non-hydrogen) atoms. The zero-order chi connectivity index (χ0) is 13.7. The van der Waals surface area contributed by atoms with E-state index in [1.165, 1.54) is 11.9 Å². The first-order valence-electron chi connectivity index (χ1n) is 6.39. The minimum absolute atomic E-state index is 0.463. The van der Waals surface area contributed by atoms with Crippen LogP contribution in [0.3, 0.4) is 0 Å². The van der Waals surface area contributed by atoms with E-state index in [0.29, 0.717) is 18.2 Å². The highest BCUT2D eigenvalue weighted by Crippen LogP contribution is 2.31. The molecule has 2 aromatic rings. The van der Waals surface area contributed by atoms with Crippen LogP contribution in [-0.4, -0.2) is 16.6 Å². The summed E-state index contributed by atoms with van der Waals surface area (Å²) in [4.78, 5) is 8.28. The Morgan fingerprint density at radius 2 is 1.79 bits per heavy atom. The molecule has 0 atom stereocenters. The zero-order valence-electron chi connectivity index (χ0n) is 11.5. The van der Waals surface area contributed by atoms with Crippen LogP contribution in [0.5, 0.6) is 17.4 Å². The molecule has 0 saturated heterocycles. The summed E-state index contributed by atoms with van der Waals surface area (Å²) in [6, 6.07) is 7.82. The molecule has 1 aromatic heterocycles. The number of benzene rings is 1. The van der Waals surface area contributed by atoms with Gasteiger partial charge in [-0.1, -0.05) is 24.6 Å². The van der Waals surface area contributed by atoms with Crippen LogP contribution in [-0.2, 0) is 0 Å². The number of aryl methyl sites for hydroxylation is 2. The summed E-state index contributed by atoms with van der Waals surface area (Å²) < 4.78 is 11.4. The maximum atomic E-state index is 5.77. The van der Waals surface area contributed by atoms with Crippen molar-refractivity contribution in [3.05, 3.63) is 41.9 Å². The van der Waals surface area contributed by atoms with Crippen LogP contribution >= 0.6 is 0 Å². The lowest BCUT2D eigenvalue weighted by molar-refractivity contribution is 0.293. The molecule has 0 saturated carbocycles. The number of aromatic nitrogens is 2. The van der Waals surface area contributed by atoms with E-state index in [2.05, 4.69) is 16.9 Å². The second-order valence-electron chi connectivity index (χ2n) is 4.36. The molecular weight excluding hydrogens is 240 g/mol. The summed E-state index contributed by atoms with van der Waals surface area (Å²) in [5.74, 6) is 1.82. The summed E-state index contributed by atoms with van der Waals surface area (Å²) >= 11 is 0. The highest BCUT2D eigenvalue weighted by atomic mass is 16.5. The minimum Gasteiger partial charge on any atom is -0.487 e. The molecule has 0 fully saturated rings. The Morgan fingerprint density at radius 1 is 1.05 bits per heavy atom. The molecule has 1 heterocycles. The van der Waals surface area contributed by atoms with Crippen molar-refractivity contribution in [1.82, 2.24) is 9.97 Å². The van der Waals surface area contributed by atoms with Crippen molar-refractivity contribution in [2.45, 2.75) is 27.2 Å². The van der Waals surface area contributed by atoms with Crippen molar-refractivity contribution < 1.29 is 9.47 Å². The SMILES string of the molecule is CCCOc1c(C)ncnc1Oc1ccc(C)cc1. The van der Waals surface area contributed by atoms with E-state index in [-0.39, 0.29) is 0 Å². The van der Waals surface area contributed by atoms with Gasteiger partial charge in [0.2, 0.25) is 5.75 Å². The lowest BCUT2D eigenvalue weighted by Gasteiger charge is -2.12. The van der Waals surface area contributed by atoms with Crippen LogP contribution in [0.2, 0.25) is 0 Å².